The third-order valence-corrected chi connectivity index (χ3v) is 2.47. The molecule has 1 aromatic rings. The highest BCUT2D eigenvalue weighted by Gasteiger charge is 2.37. The van der Waals surface area contributed by atoms with Crippen LogP contribution in [-0.2, 0) is 0 Å². The van der Waals surface area contributed by atoms with Crippen molar-refractivity contribution in [1.29, 1.82) is 0 Å². The fraction of sp³-hybridized carbons (Fsp3) is 0.400. The summed E-state index contributed by atoms with van der Waals surface area (Å²) in [6.07, 6.45) is 0. The molecule has 0 fully saturated rings. The van der Waals surface area contributed by atoms with Gasteiger partial charge in [-0.1, -0.05) is 17.7 Å². The van der Waals surface area contributed by atoms with Crippen molar-refractivity contribution in [3.8, 4) is 0 Å². The summed E-state index contributed by atoms with van der Waals surface area (Å²) in [4.78, 5) is 0. The van der Waals surface area contributed by atoms with Gasteiger partial charge in [-0.3, -0.25) is 0 Å². The van der Waals surface area contributed by atoms with Crippen LogP contribution in [-0.4, -0.2) is 17.6 Å². The molecule has 0 radical (unpaired) electrons. The van der Waals surface area contributed by atoms with Crippen molar-refractivity contribution in [3.05, 3.63) is 34.3 Å². The number of benzene rings is 1. The standard InChI is InChI=1S/C10H12ClF2NO/c1-6-4-7(11)2-3-8(6)9(14)10(12,13)5-15/h2-4,9,15H,5,14H2,1H3/t9-/m1/s1. The molecule has 0 heterocycles. The fourth-order valence-corrected chi connectivity index (χ4v) is 1.54. The molecule has 1 atom stereocenters. The van der Waals surface area contributed by atoms with Crippen LogP contribution < -0.4 is 5.73 Å². The summed E-state index contributed by atoms with van der Waals surface area (Å²) in [6.45, 7) is 0.380. The van der Waals surface area contributed by atoms with Crippen LogP contribution in [0, 0.1) is 6.92 Å². The number of halogens is 3. The second-order valence-electron chi connectivity index (χ2n) is 3.40. The number of aryl methyl sites for hydroxylation is 1. The first-order valence-corrected chi connectivity index (χ1v) is 4.76. The van der Waals surface area contributed by atoms with Gasteiger partial charge in [-0.25, -0.2) is 8.78 Å². The summed E-state index contributed by atoms with van der Waals surface area (Å²) in [7, 11) is 0. The molecule has 15 heavy (non-hydrogen) atoms. The Morgan fingerprint density at radius 1 is 1.53 bits per heavy atom. The molecule has 0 aliphatic rings. The normalized spacial score (nSPS) is 14.0. The van der Waals surface area contributed by atoms with Gasteiger partial charge in [-0.2, -0.15) is 0 Å². The van der Waals surface area contributed by atoms with E-state index < -0.39 is 18.6 Å². The SMILES string of the molecule is Cc1cc(Cl)ccc1[C@@H](N)C(F)(F)CO. The van der Waals surface area contributed by atoms with Crippen molar-refractivity contribution >= 4 is 11.6 Å². The first kappa shape index (κ1) is 12.4. The fourth-order valence-electron chi connectivity index (χ4n) is 1.31. The van der Waals surface area contributed by atoms with Gasteiger partial charge in [0, 0.05) is 5.02 Å². The lowest BCUT2D eigenvalue weighted by molar-refractivity contribution is -0.0713. The minimum absolute atomic E-state index is 0.290. The second kappa shape index (κ2) is 4.43. The van der Waals surface area contributed by atoms with Crippen LogP contribution >= 0.6 is 11.6 Å². The Labute approximate surface area is 91.7 Å². The maximum atomic E-state index is 13.1. The van der Waals surface area contributed by atoms with E-state index in [1.807, 2.05) is 0 Å². The quantitative estimate of drug-likeness (QED) is 0.844. The topological polar surface area (TPSA) is 46.2 Å². The van der Waals surface area contributed by atoms with Gasteiger partial charge in [-0.05, 0) is 30.2 Å². The van der Waals surface area contributed by atoms with Crippen LogP contribution in [0.1, 0.15) is 17.2 Å². The van der Waals surface area contributed by atoms with Gasteiger partial charge in [0.1, 0.15) is 6.61 Å². The van der Waals surface area contributed by atoms with Gasteiger partial charge in [-0.15, -0.1) is 0 Å². The molecule has 0 unspecified atom stereocenters. The molecule has 1 rings (SSSR count). The van der Waals surface area contributed by atoms with Crippen molar-refractivity contribution in [2.75, 3.05) is 6.61 Å². The zero-order valence-electron chi connectivity index (χ0n) is 8.17. The number of alkyl halides is 2. The zero-order valence-corrected chi connectivity index (χ0v) is 8.93. The van der Waals surface area contributed by atoms with Crippen molar-refractivity contribution < 1.29 is 13.9 Å². The summed E-state index contributed by atoms with van der Waals surface area (Å²) >= 11 is 5.69. The van der Waals surface area contributed by atoms with Gasteiger partial charge in [0.2, 0.25) is 0 Å². The maximum Gasteiger partial charge on any atom is 0.289 e. The molecule has 0 aromatic heterocycles. The third-order valence-electron chi connectivity index (χ3n) is 2.23. The Balaban J connectivity index is 3.06. The van der Waals surface area contributed by atoms with Crippen molar-refractivity contribution in [2.45, 2.75) is 18.9 Å². The molecule has 0 spiro atoms. The van der Waals surface area contributed by atoms with Crippen LogP contribution in [0.15, 0.2) is 18.2 Å². The Kier molecular flexibility index (Phi) is 3.65. The minimum atomic E-state index is -3.32. The van der Waals surface area contributed by atoms with Crippen molar-refractivity contribution in [2.24, 2.45) is 5.73 Å². The zero-order chi connectivity index (χ0) is 11.6. The van der Waals surface area contributed by atoms with Gasteiger partial charge < -0.3 is 10.8 Å². The average molecular weight is 236 g/mol. The Morgan fingerprint density at radius 2 is 2.13 bits per heavy atom. The molecular formula is C10H12ClF2NO. The Hall–Kier alpha value is -0.710. The molecule has 0 saturated carbocycles. The van der Waals surface area contributed by atoms with Gasteiger partial charge in [0.15, 0.2) is 0 Å². The molecule has 0 amide bonds. The summed E-state index contributed by atoms with van der Waals surface area (Å²) in [5, 5.41) is 8.98. The monoisotopic (exact) mass is 235 g/mol. The molecule has 0 aliphatic carbocycles. The third kappa shape index (κ3) is 2.65. The van der Waals surface area contributed by atoms with E-state index in [-0.39, 0.29) is 0 Å². The van der Waals surface area contributed by atoms with Crippen LogP contribution in [0.4, 0.5) is 8.78 Å². The van der Waals surface area contributed by atoms with Crippen LogP contribution in [0.5, 0.6) is 0 Å². The molecule has 0 aliphatic heterocycles. The first-order valence-electron chi connectivity index (χ1n) is 4.39. The molecule has 5 heteroatoms. The van der Waals surface area contributed by atoms with Gasteiger partial charge in [0.25, 0.3) is 5.92 Å². The number of rotatable bonds is 3. The number of nitrogens with two attached hydrogens (primary N) is 1. The number of aliphatic hydroxyl groups is 1. The van der Waals surface area contributed by atoms with Crippen molar-refractivity contribution in [3.63, 3.8) is 0 Å². The average Bonchev–Trinajstić information content (AvgIpc) is 2.17. The number of hydrogen-bond acceptors (Lipinski definition) is 2. The highest BCUT2D eigenvalue weighted by Crippen LogP contribution is 2.31. The lowest BCUT2D eigenvalue weighted by Crippen LogP contribution is -2.36. The van der Waals surface area contributed by atoms with E-state index in [4.69, 9.17) is 22.4 Å². The van der Waals surface area contributed by atoms with E-state index in [1.165, 1.54) is 12.1 Å². The van der Waals surface area contributed by atoms with Gasteiger partial charge >= 0.3 is 0 Å². The lowest BCUT2D eigenvalue weighted by Gasteiger charge is -2.23. The minimum Gasteiger partial charge on any atom is -0.390 e. The summed E-state index contributed by atoms with van der Waals surface area (Å²) in [5.74, 6) is -3.32. The van der Waals surface area contributed by atoms with E-state index >= 15 is 0 Å². The van der Waals surface area contributed by atoms with E-state index in [2.05, 4.69) is 0 Å². The van der Waals surface area contributed by atoms with E-state index in [1.54, 1.807) is 13.0 Å². The Morgan fingerprint density at radius 3 is 2.60 bits per heavy atom. The van der Waals surface area contributed by atoms with Gasteiger partial charge in [0.05, 0.1) is 6.04 Å². The molecule has 3 N–H and O–H groups in total. The molecule has 0 bridgehead atoms. The molecule has 2 nitrogen and oxygen atoms in total. The summed E-state index contributed by atoms with van der Waals surface area (Å²) < 4.78 is 26.2. The van der Waals surface area contributed by atoms with E-state index in [0.717, 1.165) is 0 Å². The number of aliphatic hydroxyl groups excluding tert-OH is 1. The first-order chi connectivity index (χ1) is 6.88. The highest BCUT2D eigenvalue weighted by molar-refractivity contribution is 6.30. The predicted molar refractivity (Wildman–Crippen MR) is 55.2 cm³/mol. The number of hydrogen-bond donors (Lipinski definition) is 2. The highest BCUT2D eigenvalue weighted by atomic mass is 35.5. The summed E-state index contributed by atoms with van der Waals surface area (Å²) in [6, 6.07) is 2.99. The van der Waals surface area contributed by atoms with E-state index in [0.29, 0.717) is 16.1 Å². The Bertz CT molecular complexity index is 357. The maximum absolute atomic E-state index is 13.1. The molecule has 1 aromatic carbocycles. The summed E-state index contributed by atoms with van der Waals surface area (Å²) in [5.41, 5.74) is 6.26. The largest absolute Gasteiger partial charge is 0.390 e. The molecule has 84 valence electrons. The van der Waals surface area contributed by atoms with Crippen LogP contribution in [0.25, 0.3) is 0 Å². The molecule has 0 saturated heterocycles. The lowest BCUT2D eigenvalue weighted by atomic mass is 9.97. The second-order valence-corrected chi connectivity index (χ2v) is 3.83. The van der Waals surface area contributed by atoms with Crippen LogP contribution in [0.3, 0.4) is 0 Å². The smallest absolute Gasteiger partial charge is 0.289 e. The predicted octanol–water partition coefficient (Wildman–Crippen LogP) is 2.28. The van der Waals surface area contributed by atoms with Crippen molar-refractivity contribution in [1.82, 2.24) is 0 Å². The van der Waals surface area contributed by atoms with Crippen LogP contribution in [0.2, 0.25) is 5.02 Å². The van der Waals surface area contributed by atoms with E-state index in [9.17, 15) is 8.78 Å². The molecular weight excluding hydrogens is 224 g/mol.